The highest BCUT2D eigenvalue weighted by Gasteiger charge is 2.07. The van der Waals surface area contributed by atoms with Gasteiger partial charge in [-0.25, -0.2) is 8.78 Å². The minimum atomic E-state index is -0.347. The lowest BCUT2D eigenvalue weighted by Gasteiger charge is -1.98. The smallest absolute Gasteiger partial charge is 0.250 e. The molecule has 132 valence electrons. The second-order valence-electron chi connectivity index (χ2n) is 5.16. The molecule has 0 saturated carbocycles. The number of rotatable bonds is 6. The monoisotopic (exact) mass is 389 g/mol. The average molecular weight is 389 g/mol. The van der Waals surface area contributed by atoms with Gasteiger partial charge < -0.3 is 0 Å². The van der Waals surface area contributed by atoms with Crippen molar-refractivity contribution in [1.29, 1.82) is 0 Å². The second kappa shape index (κ2) is 8.68. The molecule has 0 fully saturated rings. The molecule has 0 radical (unpaired) electrons. The molecule has 0 spiro atoms. The summed E-state index contributed by atoms with van der Waals surface area (Å²) in [6.07, 6.45) is 2.93. The first-order chi connectivity index (χ1) is 12.6. The molecule has 0 saturated heterocycles. The maximum Gasteiger partial charge on any atom is 0.250 e. The van der Waals surface area contributed by atoms with E-state index in [4.69, 9.17) is 0 Å². The fourth-order valence-corrected chi connectivity index (χ4v) is 3.65. The van der Waals surface area contributed by atoms with Gasteiger partial charge in [0.25, 0.3) is 0 Å². The van der Waals surface area contributed by atoms with E-state index in [1.54, 1.807) is 30.3 Å². The first-order valence-electron chi connectivity index (χ1n) is 7.54. The van der Waals surface area contributed by atoms with Crippen molar-refractivity contribution in [3.05, 3.63) is 77.4 Å². The maximum atomic E-state index is 12.9. The van der Waals surface area contributed by atoms with Crippen LogP contribution in [0.25, 0.3) is 6.08 Å². The Balaban J connectivity index is 1.51. The summed E-state index contributed by atoms with van der Waals surface area (Å²) in [5.74, 6) is -0.312. The fourth-order valence-electron chi connectivity index (χ4n) is 1.94. The summed E-state index contributed by atoms with van der Waals surface area (Å²) < 4.78 is 26.4. The molecular formula is C18H13F2N3OS2. The summed E-state index contributed by atoms with van der Waals surface area (Å²) in [5, 5.41) is 10.9. The van der Waals surface area contributed by atoms with E-state index in [-0.39, 0.29) is 17.5 Å². The maximum absolute atomic E-state index is 12.9. The Kier molecular flexibility index (Phi) is 6.08. The van der Waals surface area contributed by atoms with E-state index in [0.717, 1.165) is 5.56 Å². The van der Waals surface area contributed by atoms with E-state index >= 15 is 0 Å². The Morgan fingerprint density at radius 1 is 1.04 bits per heavy atom. The Hall–Kier alpha value is -2.58. The van der Waals surface area contributed by atoms with Crippen molar-refractivity contribution in [3.8, 4) is 0 Å². The van der Waals surface area contributed by atoms with Crippen LogP contribution in [0.15, 0.2) is 58.9 Å². The number of nitrogens with zero attached hydrogens (tertiary/aromatic N) is 2. The summed E-state index contributed by atoms with van der Waals surface area (Å²) >= 11 is 2.71. The quantitative estimate of drug-likeness (QED) is 0.375. The Morgan fingerprint density at radius 2 is 1.69 bits per heavy atom. The van der Waals surface area contributed by atoms with Crippen LogP contribution >= 0.6 is 23.1 Å². The molecule has 26 heavy (non-hydrogen) atoms. The predicted octanol–water partition coefficient (Wildman–Crippen LogP) is 4.76. The highest BCUT2D eigenvalue weighted by molar-refractivity contribution is 8.00. The molecule has 0 aliphatic rings. The van der Waals surface area contributed by atoms with E-state index in [1.807, 2.05) is 0 Å². The first-order valence-corrected chi connectivity index (χ1v) is 9.34. The summed E-state index contributed by atoms with van der Waals surface area (Å²) in [4.78, 5) is 11.9. The lowest BCUT2D eigenvalue weighted by Crippen LogP contribution is -2.07. The van der Waals surface area contributed by atoms with Crippen molar-refractivity contribution < 1.29 is 13.6 Å². The number of nitrogens with one attached hydrogen (secondary N) is 1. The highest BCUT2D eigenvalue weighted by atomic mass is 32.2. The third-order valence-corrected chi connectivity index (χ3v) is 5.25. The van der Waals surface area contributed by atoms with Gasteiger partial charge in [0.15, 0.2) is 4.34 Å². The minimum absolute atomic E-state index is 0.270. The molecular weight excluding hydrogens is 376 g/mol. The molecule has 0 unspecified atom stereocenters. The molecule has 8 heteroatoms. The number of thioether (sulfide) groups is 1. The number of amides is 1. The standard InChI is InChI=1S/C18H13F2N3OS2/c19-14-6-1-12(2-7-14)5-10-16(24)21-17-22-23-18(26-17)25-11-13-3-8-15(20)9-4-13/h1-10H,11H2,(H,21,22,24)/b10-5+. The van der Waals surface area contributed by atoms with Crippen molar-refractivity contribution >= 4 is 40.2 Å². The van der Waals surface area contributed by atoms with Crippen molar-refractivity contribution in [1.82, 2.24) is 10.2 Å². The van der Waals surface area contributed by atoms with Gasteiger partial charge in [0.2, 0.25) is 11.0 Å². The van der Waals surface area contributed by atoms with E-state index in [2.05, 4.69) is 15.5 Å². The first kappa shape index (κ1) is 18.2. The number of aromatic nitrogens is 2. The third kappa shape index (κ3) is 5.47. The number of hydrogen-bond donors (Lipinski definition) is 1. The van der Waals surface area contributed by atoms with Gasteiger partial charge in [-0.2, -0.15) is 0 Å². The Labute approximate surface area is 157 Å². The minimum Gasteiger partial charge on any atom is -0.297 e. The van der Waals surface area contributed by atoms with Gasteiger partial charge in [-0.15, -0.1) is 10.2 Å². The second-order valence-corrected chi connectivity index (χ2v) is 7.36. The van der Waals surface area contributed by atoms with Gasteiger partial charge >= 0.3 is 0 Å². The normalized spacial score (nSPS) is 11.0. The number of halogens is 2. The lowest BCUT2D eigenvalue weighted by molar-refractivity contribution is -0.111. The highest BCUT2D eigenvalue weighted by Crippen LogP contribution is 2.28. The molecule has 0 aliphatic carbocycles. The van der Waals surface area contributed by atoms with Gasteiger partial charge in [-0.1, -0.05) is 47.4 Å². The molecule has 1 aromatic heterocycles. The molecule has 0 bridgehead atoms. The number of anilines is 1. The summed E-state index contributed by atoms with van der Waals surface area (Å²) in [6, 6.07) is 12.1. The number of benzene rings is 2. The Bertz CT molecular complexity index is 909. The van der Waals surface area contributed by atoms with Gasteiger partial charge in [0.05, 0.1) is 0 Å². The van der Waals surface area contributed by atoms with Crippen LogP contribution in [-0.2, 0) is 10.5 Å². The molecule has 1 N–H and O–H groups in total. The van der Waals surface area contributed by atoms with Crippen LogP contribution in [0.5, 0.6) is 0 Å². The van der Waals surface area contributed by atoms with Gasteiger partial charge in [0, 0.05) is 11.8 Å². The fraction of sp³-hybridized carbons (Fsp3) is 0.0556. The predicted molar refractivity (Wildman–Crippen MR) is 99.9 cm³/mol. The molecule has 1 heterocycles. The molecule has 4 nitrogen and oxygen atoms in total. The summed E-state index contributed by atoms with van der Waals surface area (Å²) in [7, 11) is 0. The zero-order valence-electron chi connectivity index (χ0n) is 13.4. The van der Waals surface area contributed by atoms with E-state index < -0.39 is 0 Å². The van der Waals surface area contributed by atoms with Gasteiger partial charge in [-0.3, -0.25) is 10.1 Å². The van der Waals surface area contributed by atoms with E-state index in [9.17, 15) is 13.6 Å². The van der Waals surface area contributed by atoms with Crippen molar-refractivity contribution in [3.63, 3.8) is 0 Å². The zero-order chi connectivity index (χ0) is 18.4. The summed E-state index contributed by atoms with van der Waals surface area (Å²) in [5.41, 5.74) is 1.69. The van der Waals surface area contributed by atoms with Crippen LogP contribution in [0.3, 0.4) is 0 Å². The van der Waals surface area contributed by atoms with Crippen molar-refractivity contribution in [2.75, 3.05) is 5.32 Å². The topological polar surface area (TPSA) is 54.9 Å². The SMILES string of the molecule is O=C(/C=C/c1ccc(F)cc1)Nc1nnc(SCc2ccc(F)cc2)s1. The zero-order valence-corrected chi connectivity index (χ0v) is 15.0. The molecule has 0 aliphatic heterocycles. The Morgan fingerprint density at radius 3 is 2.38 bits per heavy atom. The average Bonchev–Trinajstić information content (AvgIpc) is 3.08. The summed E-state index contributed by atoms with van der Waals surface area (Å²) in [6.45, 7) is 0. The molecule has 1 amide bonds. The molecule has 2 aromatic carbocycles. The van der Waals surface area contributed by atoms with Crippen LogP contribution < -0.4 is 5.32 Å². The molecule has 3 aromatic rings. The van der Waals surface area contributed by atoms with E-state index in [1.165, 1.54) is 53.4 Å². The van der Waals surface area contributed by atoms with Gasteiger partial charge in [0.1, 0.15) is 11.6 Å². The van der Waals surface area contributed by atoms with Crippen LogP contribution in [0.4, 0.5) is 13.9 Å². The number of hydrogen-bond acceptors (Lipinski definition) is 5. The lowest BCUT2D eigenvalue weighted by atomic mass is 10.2. The molecule has 3 rings (SSSR count). The van der Waals surface area contributed by atoms with Crippen molar-refractivity contribution in [2.24, 2.45) is 0 Å². The van der Waals surface area contributed by atoms with Crippen LogP contribution in [0, 0.1) is 11.6 Å². The van der Waals surface area contributed by atoms with Gasteiger partial charge in [-0.05, 0) is 41.5 Å². The van der Waals surface area contributed by atoms with Crippen LogP contribution in [0.1, 0.15) is 11.1 Å². The van der Waals surface area contributed by atoms with Crippen LogP contribution in [0.2, 0.25) is 0 Å². The third-order valence-electron chi connectivity index (χ3n) is 3.21. The number of carbonyl (C=O) groups is 1. The largest absolute Gasteiger partial charge is 0.297 e. The van der Waals surface area contributed by atoms with Crippen LogP contribution in [-0.4, -0.2) is 16.1 Å². The van der Waals surface area contributed by atoms with Crippen molar-refractivity contribution in [2.45, 2.75) is 10.1 Å². The van der Waals surface area contributed by atoms with E-state index in [0.29, 0.717) is 20.8 Å². The number of carbonyl (C=O) groups excluding carboxylic acids is 1. The molecule has 0 atom stereocenters.